The van der Waals surface area contributed by atoms with E-state index in [-0.39, 0.29) is 0 Å². The van der Waals surface area contributed by atoms with Gasteiger partial charge >= 0.3 is 0 Å². The van der Waals surface area contributed by atoms with Crippen molar-refractivity contribution in [3.05, 3.63) is 79.2 Å². The third-order valence-corrected chi connectivity index (χ3v) is 6.48. The smallest absolute Gasteiger partial charge is 0.165 e. The molecule has 6 heteroatoms. The molecule has 2 N–H and O–H groups in total. The van der Waals surface area contributed by atoms with Gasteiger partial charge in [0.25, 0.3) is 0 Å². The molecule has 0 unspecified atom stereocenters. The number of fused-ring (bicyclic) bond motifs is 1. The predicted molar refractivity (Wildman–Crippen MR) is 154 cm³/mol. The second-order valence-corrected chi connectivity index (χ2v) is 9.23. The highest BCUT2D eigenvalue weighted by Crippen LogP contribution is 2.26. The fraction of sp³-hybridized carbons (Fsp3) is 0.400. The molecule has 0 saturated carbocycles. The topological polar surface area (TPSA) is 57.5 Å². The molecule has 4 rings (SSSR count). The number of aromatic nitrogens is 3. The Bertz CT molecular complexity index is 1140. The first-order valence-corrected chi connectivity index (χ1v) is 13.1. The SMILES string of the molecule is C=C(NCCN1CCCCC1)c1ccc(-c2cnn3c(NCC/C(C)=C/C)ccnc23)cc1.C=CC. The third-order valence-electron chi connectivity index (χ3n) is 6.48. The van der Waals surface area contributed by atoms with E-state index in [4.69, 9.17) is 0 Å². The number of nitrogens with zero attached hydrogens (tertiary/aromatic N) is 4. The lowest BCUT2D eigenvalue weighted by Crippen LogP contribution is -2.35. The molecule has 0 atom stereocenters. The van der Waals surface area contributed by atoms with E-state index in [0.29, 0.717) is 0 Å². The molecular formula is C30H42N6. The van der Waals surface area contributed by atoms with Crippen LogP contribution < -0.4 is 10.6 Å². The summed E-state index contributed by atoms with van der Waals surface area (Å²) >= 11 is 0. The Labute approximate surface area is 216 Å². The highest BCUT2D eigenvalue weighted by Gasteiger charge is 2.12. The first-order chi connectivity index (χ1) is 17.6. The zero-order valence-corrected chi connectivity index (χ0v) is 22.3. The van der Waals surface area contributed by atoms with Gasteiger partial charge in [0.2, 0.25) is 0 Å². The minimum Gasteiger partial charge on any atom is -0.384 e. The van der Waals surface area contributed by atoms with Gasteiger partial charge in [0, 0.05) is 37.1 Å². The summed E-state index contributed by atoms with van der Waals surface area (Å²) in [6.45, 7) is 19.0. The number of nitrogens with one attached hydrogen (secondary N) is 2. The zero-order chi connectivity index (χ0) is 25.8. The molecule has 0 spiro atoms. The number of anilines is 1. The Hall–Kier alpha value is -3.38. The summed E-state index contributed by atoms with van der Waals surface area (Å²) in [5.74, 6) is 0.957. The van der Waals surface area contributed by atoms with Crippen LogP contribution in [0.1, 0.15) is 52.0 Å². The van der Waals surface area contributed by atoms with Crippen LogP contribution in [0.2, 0.25) is 0 Å². The van der Waals surface area contributed by atoms with E-state index < -0.39 is 0 Å². The fourth-order valence-electron chi connectivity index (χ4n) is 4.26. The molecule has 0 radical (unpaired) electrons. The molecule has 0 amide bonds. The van der Waals surface area contributed by atoms with Crippen LogP contribution in [-0.2, 0) is 0 Å². The van der Waals surface area contributed by atoms with E-state index in [1.54, 1.807) is 6.08 Å². The van der Waals surface area contributed by atoms with Gasteiger partial charge in [-0.25, -0.2) is 4.98 Å². The van der Waals surface area contributed by atoms with Crippen LogP contribution >= 0.6 is 0 Å². The summed E-state index contributed by atoms with van der Waals surface area (Å²) in [6.07, 6.45) is 12.7. The minimum absolute atomic E-state index is 0.856. The first kappa shape index (κ1) is 27.2. The predicted octanol–water partition coefficient (Wildman–Crippen LogP) is 6.40. The summed E-state index contributed by atoms with van der Waals surface area (Å²) in [5, 5.41) is 11.6. The van der Waals surface area contributed by atoms with Gasteiger partial charge < -0.3 is 15.5 Å². The normalized spacial score (nSPS) is 14.1. The van der Waals surface area contributed by atoms with Crippen molar-refractivity contribution >= 4 is 17.2 Å². The summed E-state index contributed by atoms with van der Waals surface area (Å²) in [5.41, 5.74) is 6.44. The Kier molecular flexibility index (Phi) is 10.8. The molecule has 36 heavy (non-hydrogen) atoms. The van der Waals surface area contributed by atoms with Gasteiger partial charge in [-0.15, -0.1) is 6.58 Å². The van der Waals surface area contributed by atoms with Gasteiger partial charge in [0.15, 0.2) is 5.65 Å². The molecule has 1 aliphatic heterocycles. The average molecular weight is 487 g/mol. The van der Waals surface area contributed by atoms with Gasteiger partial charge in [-0.2, -0.15) is 9.61 Å². The maximum Gasteiger partial charge on any atom is 0.165 e. The summed E-state index contributed by atoms with van der Waals surface area (Å²) in [4.78, 5) is 7.13. The lowest BCUT2D eigenvalue weighted by atomic mass is 10.1. The maximum absolute atomic E-state index is 4.60. The van der Waals surface area contributed by atoms with Crippen molar-refractivity contribution in [2.24, 2.45) is 0 Å². The van der Waals surface area contributed by atoms with Gasteiger partial charge in [-0.1, -0.05) is 55.0 Å². The molecule has 2 aromatic heterocycles. The lowest BCUT2D eigenvalue weighted by molar-refractivity contribution is 0.232. The largest absolute Gasteiger partial charge is 0.384 e. The van der Waals surface area contributed by atoms with Crippen LogP contribution in [0, 0.1) is 0 Å². The molecule has 0 bridgehead atoms. The molecule has 1 fully saturated rings. The number of likely N-dealkylation sites (tertiary alicyclic amines) is 1. The van der Waals surface area contributed by atoms with Crippen LogP contribution in [0.15, 0.2) is 73.6 Å². The van der Waals surface area contributed by atoms with Crippen LogP contribution in [0.5, 0.6) is 0 Å². The van der Waals surface area contributed by atoms with Gasteiger partial charge in [0.05, 0.1) is 6.20 Å². The number of piperidine rings is 1. The van der Waals surface area contributed by atoms with Gasteiger partial charge in [0.1, 0.15) is 5.82 Å². The van der Waals surface area contributed by atoms with Crippen LogP contribution in [0.25, 0.3) is 22.5 Å². The van der Waals surface area contributed by atoms with E-state index in [1.807, 2.05) is 29.9 Å². The summed E-state index contributed by atoms with van der Waals surface area (Å²) < 4.78 is 1.88. The highest BCUT2D eigenvalue weighted by atomic mass is 15.3. The third kappa shape index (κ3) is 7.56. The Balaban J connectivity index is 0.00000115. The second kappa shape index (κ2) is 14.2. The standard InChI is InChI=1S/C27H36N6.C3H6/c1-4-21(2)12-14-29-26-13-15-30-27-25(20-31-33(26)27)24-10-8-23(9-11-24)22(3)28-16-19-32-17-6-5-7-18-32;1-3-2/h4,8-11,13,15,20,28-29H,3,5-7,12,14,16-19H2,1-2H3;3H,1H2,2H3/b21-4+;. The Morgan fingerprint density at radius 2 is 1.78 bits per heavy atom. The minimum atomic E-state index is 0.856. The number of benzene rings is 1. The van der Waals surface area contributed by atoms with Crippen molar-refractivity contribution in [2.75, 3.05) is 38.0 Å². The Morgan fingerprint density at radius 1 is 1.06 bits per heavy atom. The van der Waals surface area contributed by atoms with Crippen LogP contribution in [-0.4, -0.2) is 52.2 Å². The zero-order valence-electron chi connectivity index (χ0n) is 22.3. The molecule has 0 aliphatic carbocycles. The number of rotatable bonds is 10. The average Bonchev–Trinajstić information content (AvgIpc) is 3.35. The molecule has 1 aliphatic rings. The highest BCUT2D eigenvalue weighted by molar-refractivity contribution is 5.79. The number of hydrogen-bond donors (Lipinski definition) is 2. The Morgan fingerprint density at radius 3 is 2.47 bits per heavy atom. The summed E-state index contributed by atoms with van der Waals surface area (Å²) in [6, 6.07) is 10.5. The van der Waals surface area contributed by atoms with Gasteiger partial charge in [-0.05, 0) is 70.3 Å². The van der Waals surface area contributed by atoms with Crippen LogP contribution in [0.3, 0.4) is 0 Å². The monoisotopic (exact) mass is 486 g/mol. The quantitative estimate of drug-likeness (QED) is 0.325. The van der Waals surface area contributed by atoms with Crippen molar-refractivity contribution in [2.45, 2.75) is 46.5 Å². The van der Waals surface area contributed by atoms with Crippen molar-refractivity contribution in [1.29, 1.82) is 0 Å². The molecule has 6 nitrogen and oxygen atoms in total. The van der Waals surface area contributed by atoms with E-state index >= 15 is 0 Å². The van der Waals surface area contributed by atoms with Crippen molar-refractivity contribution < 1.29 is 0 Å². The van der Waals surface area contributed by atoms with Gasteiger partial charge in [-0.3, -0.25) is 0 Å². The molecule has 3 aromatic rings. The van der Waals surface area contributed by atoms with E-state index in [9.17, 15) is 0 Å². The maximum atomic E-state index is 4.60. The van der Waals surface area contributed by atoms with E-state index in [2.05, 4.69) is 83.0 Å². The van der Waals surface area contributed by atoms with E-state index in [0.717, 1.165) is 59.9 Å². The molecule has 1 aromatic carbocycles. The van der Waals surface area contributed by atoms with Crippen LogP contribution in [0.4, 0.5) is 5.82 Å². The molecule has 3 heterocycles. The lowest BCUT2D eigenvalue weighted by Gasteiger charge is -2.26. The molecule has 192 valence electrons. The second-order valence-electron chi connectivity index (χ2n) is 9.23. The number of hydrogen-bond acceptors (Lipinski definition) is 5. The summed E-state index contributed by atoms with van der Waals surface area (Å²) in [7, 11) is 0. The van der Waals surface area contributed by atoms with E-state index in [1.165, 1.54) is 37.9 Å². The fourth-order valence-corrected chi connectivity index (χ4v) is 4.26. The first-order valence-electron chi connectivity index (χ1n) is 13.1. The molecular weight excluding hydrogens is 444 g/mol. The van der Waals surface area contributed by atoms with Crippen molar-refractivity contribution in [1.82, 2.24) is 24.8 Å². The number of allylic oxidation sites excluding steroid dienone is 2. The molecule has 1 saturated heterocycles. The van der Waals surface area contributed by atoms with Crippen molar-refractivity contribution in [3.8, 4) is 11.1 Å². The van der Waals surface area contributed by atoms with Crippen molar-refractivity contribution in [3.63, 3.8) is 0 Å².